The number of carbonyl (C=O) groups is 2. The Morgan fingerprint density at radius 1 is 0.929 bits per heavy atom. The van der Waals surface area contributed by atoms with Gasteiger partial charge in [-0.1, -0.05) is 0 Å². The highest BCUT2D eigenvalue weighted by Crippen LogP contribution is 2.10. The van der Waals surface area contributed by atoms with Crippen LogP contribution >= 0.6 is 0 Å². The number of aliphatic hydroxyl groups excluding tert-OH is 3. The van der Waals surface area contributed by atoms with E-state index in [4.69, 9.17) is 15.3 Å². The number of nitrogens with zero attached hydrogens (tertiary/aromatic N) is 3. The van der Waals surface area contributed by atoms with Crippen LogP contribution in [0.5, 0.6) is 0 Å². The van der Waals surface area contributed by atoms with Crippen LogP contribution in [-0.4, -0.2) is 68.9 Å². The first-order valence-corrected chi connectivity index (χ1v) is 3.83. The van der Waals surface area contributed by atoms with Crippen LogP contribution in [0.2, 0.25) is 0 Å². The van der Waals surface area contributed by atoms with Crippen LogP contribution in [0.3, 0.4) is 0 Å². The molecule has 0 aromatic heterocycles. The summed E-state index contributed by atoms with van der Waals surface area (Å²) in [5.41, 5.74) is 0. The molecule has 3 N–H and O–H groups in total. The van der Waals surface area contributed by atoms with Crippen molar-refractivity contribution in [2.24, 2.45) is 0 Å². The SMILES string of the molecule is O=C1N(CO)CN(CO)C(=O)N1CO. The number of urea groups is 2. The lowest BCUT2D eigenvalue weighted by Crippen LogP contribution is -2.61. The topological polar surface area (TPSA) is 105 Å². The smallest absolute Gasteiger partial charge is 0.333 e. The highest BCUT2D eigenvalue weighted by Gasteiger charge is 2.35. The largest absolute Gasteiger partial charge is 0.376 e. The van der Waals surface area contributed by atoms with E-state index in [0.29, 0.717) is 4.90 Å². The second kappa shape index (κ2) is 4.22. The molecule has 14 heavy (non-hydrogen) atoms. The Morgan fingerprint density at radius 2 is 1.36 bits per heavy atom. The molecule has 0 spiro atoms. The number of amides is 4. The number of hydrogen-bond acceptors (Lipinski definition) is 5. The Morgan fingerprint density at radius 3 is 1.64 bits per heavy atom. The average molecular weight is 205 g/mol. The molecule has 0 atom stereocenters. The van der Waals surface area contributed by atoms with Crippen molar-refractivity contribution in [3.05, 3.63) is 0 Å². The summed E-state index contributed by atoms with van der Waals surface area (Å²) in [6.45, 7) is -2.15. The van der Waals surface area contributed by atoms with Crippen LogP contribution in [0.15, 0.2) is 0 Å². The molecule has 0 saturated carbocycles. The highest BCUT2D eigenvalue weighted by molar-refractivity contribution is 5.95. The molecule has 0 aliphatic carbocycles. The predicted molar refractivity (Wildman–Crippen MR) is 42.4 cm³/mol. The average Bonchev–Trinajstić information content (AvgIpc) is 2.19. The summed E-state index contributed by atoms with van der Waals surface area (Å²) in [5, 5.41) is 26.2. The van der Waals surface area contributed by atoms with E-state index in [2.05, 4.69) is 0 Å². The molecule has 1 rings (SSSR count). The normalized spacial score (nSPS) is 18.1. The van der Waals surface area contributed by atoms with E-state index >= 15 is 0 Å². The molecule has 4 amide bonds. The fourth-order valence-electron chi connectivity index (χ4n) is 1.08. The molecule has 0 radical (unpaired) electrons. The second-order valence-corrected chi connectivity index (χ2v) is 2.64. The van der Waals surface area contributed by atoms with Gasteiger partial charge in [0, 0.05) is 0 Å². The van der Waals surface area contributed by atoms with E-state index in [0.717, 1.165) is 9.80 Å². The van der Waals surface area contributed by atoms with Crippen LogP contribution in [0.1, 0.15) is 0 Å². The monoisotopic (exact) mass is 205 g/mol. The minimum absolute atomic E-state index is 0.193. The summed E-state index contributed by atoms with van der Waals surface area (Å²) < 4.78 is 0. The molecule has 8 heteroatoms. The van der Waals surface area contributed by atoms with Crippen molar-refractivity contribution in [2.45, 2.75) is 0 Å². The van der Waals surface area contributed by atoms with Crippen molar-refractivity contribution < 1.29 is 24.9 Å². The molecule has 1 aliphatic heterocycles. The Labute approximate surface area is 79.5 Å². The summed E-state index contributed by atoms with van der Waals surface area (Å²) in [7, 11) is 0. The minimum Gasteiger partial charge on any atom is -0.376 e. The first-order chi connectivity index (χ1) is 6.65. The van der Waals surface area contributed by atoms with Crippen molar-refractivity contribution in [1.29, 1.82) is 0 Å². The van der Waals surface area contributed by atoms with E-state index in [9.17, 15) is 9.59 Å². The molecular formula is C6H11N3O5. The van der Waals surface area contributed by atoms with E-state index in [1.165, 1.54) is 0 Å². The number of carbonyl (C=O) groups excluding carboxylic acids is 2. The molecule has 1 fully saturated rings. The van der Waals surface area contributed by atoms with Gasteiger partial charge in [0.1, 0.15) is 26.9 Å². The Kier molecular flexibility index (Phi) is 3.23. The molecule has 0 aromatic rings. The van der Waals surface area contributed by atoms with Crippen LogP contribution in [-0.2, 0) is 0 Å². The second-order valence-electron chi connectivity index (χ2n) is 2.64. The van der Waals surface area contributed by atoms with Crippen molar-refractivity contribution in [3.8, 4) is 0 Å². The molecule has 80 valence electrons. The fourth-order valence-corrected chi connectivity index (χ4v) is 1.08. The number of rotatable bonds is 3. The molecule has 0 aromatic carbocycles. The standard InChI is InChI=1S/C6H11N3O5/c10-2-7-1-8(3-11)6(14)9(4-12)5(7)13/h10-12H,1-4H2. The van der Waals surface area contributed by atoms with E-state index in [1.54, 1.807) is 0 Å². The maximum absolute atomic E-state index is 11.3. The Bertz CT molecular complexity index is 224. The number of hydrogen-bond donors (Lipinski definition) is 3. The van der Waals surface area contributed by atoms with Crippen LogP contribution in [0.25, 0.3) is 0 Å². The van der Waals surface area contributed by atoms with Crippen molar-refractivity contribution >= 4 is 12.1 Å². The zero-order valence-electron chi connectivity index (χ0n) is 7.33. The minimum atomic E-state index is -0.787. The van der Waals surface area contributed by atoms with Crippen LogP contribution < -0.4 is 0 Å². The third kappa shape index (κ3) is 1.62. The lowest BCUT2D eigenvalue weighted by molar-refractivity contribution is -0.00482. The van der Waals surface area contributed by atoms with Crippen molar-refractivity contribution in [3.63, 3.8) is 0 Å². The van der Waals surface area contributed by atoms with Crippen LogP contribution in [0, 0.1) is 0 Å². The maximum atomic E-state index is 11.3. The predicted octanol–water partition coefficient (Wildman–Crippen LogP) is -2.05. The molecule has 1 saturated heterocycles. The molecule has 0 bridgehead atoms. The Hall–Kier alpha value is -1.38. The van der Waals surface area contributed by atoms with Gasteiger partial charge in [0.25, 0.3) is 0 Å². The molecular weight excluding hydrogens is 194 g/mol. The summed E-state index contributed by atoms with van der Waals surface area (Å²) in [4.78, 5) is 24.8. The van der Waals surface area contributed by atoms with Gasteiger partial charge in [-0.05, 0) is 0 Å². The number of aliphatic hydroxyl groups is 3. The molecule has 0 unspecified atom stereocenters. The van der Waals surface area contributed by atoms with E-state index < -0.39 is 32.3 Å². The van der Waals surface area contributed by atoms with E-state index in [1.807, 2.05) is 0 Å². The molecule has 8 nitrogen and oxygen atoms in total. The third-order valence-electron chi connectivity index (χ3n) is 1.83. The number of imide groups is 1. The lowest BCUT2D eigenvalue weighted by atomic mass is 10.5. The zero-order chi connectivity index (χ0) is 10.7. The zero-order valence-corrected chi connectivity index (χ0v) is 7.33. The van der Waals surface area contributed by atoms with Gasteiger partial charge in [0.15, 0.2) is 0 Å². The van der Waals surface area contributed by atoms with Crippen LogP contribution in [0.4, 0.5) is 9.59 Å². The van der Waals surface area contributed by atoms with Gasteiger partial charge in [-0.25, -0.2) is 14.5 Å². The van der Waals surface area contributed by atoms with Gasteiger partial charge in [-0.2, -0.15) is 0 Å². The van der Waals surface area contributed by atoms with Gasteiger partial charge >= 0.3 is 12.1 Å². The van der Waals surface area contributed by atoms with Crippen molar-refractivity contribution in [2.75, 3.05) is 26.9 Å². The summed E-state index contributed by atoms with van der Waals surface area (Å²) >= 11 is 0. The van der Waals surface area contributed by atoms with Crippen molar-refractivity contribution in [1.82, 2.24) is 14.7 Å². The summed E-state index contributed by atoms with van der Waals surface area (Å²) in [6.07, 6.45) is 0. The first-order valence-electron chi connectivity index (χ1n) is 3.83. The van der Waals surface area contributed by atoms with Gasteiger partial charge < -0.3 is 15.3 Å². The van der Waals surface area contributed by atoms with E-state index in [-0.39, 0.29) is 6.67 Å². The maximum Gasteiger partial charge on any atom is 0.333 e. The third-order valence-corrected chi connectivity index (χ3v) is 1.83. The molecule has 1 aliphatic rings. The van der Waals surface area contributed by atoms with Gasteiger partial charge in [-0.15, -0.1) is 0 Å². The lowest BCUT2D eigenvalue weighted by Gasteiger charge is -2.38. The fraction of sp³-hybridized carbons (Fsp3) is 0.667. The molecule has 1 heterocycles. The van der Waals surface area contributed by atoms with Gasteiger partial charge in [-0.3, -0.25) is 9.80 Å². The first kappa shape index (κ1) is 10.7. The highest BCUT2D eigenvalue weighted by atomic mass is 16.3. The summed E-state index contributed by atoms with van der Waals surface area (Å²) in [5.74, 6) is 0. The van der Waals surface area contributed by atoms with Gasteiger partial charge in [0.2, 0.25) is 0 Å². The summed E-state index contributed by atoms with van der Waals surface area (Å²) in [6, 6.07) is -1.57. The van der Waals surface area contributed by atoms with Gasteiger partial charge in [0.05, 0.1) is 0 Å². The quantitative estimate of drug-likeness (QED) is 0.492. The Balaban J connectivity index is 2.83.